The molecule has 0 aliphatic carbocycles. The van der Waals surface area contributed by atoms with Crippen LogP contribution < -0.4 is 5.32 Å². The lowest BCUT2D eigenvalue weighted by Crippen LogP contribution is -2.10. The molecule has 3 N–H and O–H groups in total. The highest BCUT2D eigenvalue weighted by atomic mass is 16.5. The molecule has 0 saturated heterocycles. The Morgan fingerprint density at radius 1 is 1.36 bits per heavy atom. The van der Waals surface area contributed by atoms with Crippen LogP contribution in [-0.4, -0.2) is 38.7 Å². The van der Waals surface area contributed by atoms with Crippen LogP contribution in [0, 0.1) is 0 Å². The molecule has 0 aliphatic heterocycles. The first-order valence-corrected chi connectivity index (χ1v) is 6.33. The van der Waals surface area contributed by atoms with Gasteiger partial charge in [-0.15, -0.1) is 0 Å². The molecule has 0 spiro atoms. The fourth-order valence-corrected chi connectivity index (χ4v) is 1.68. The number of esters is 1. The van der Waals surface area contributed by atoms with E-state index in [9.17, 15) is 14.7 Å². The molecule has 8 nitrogen and oxygen atoms in total. The van der Waals surface area contributed by atoms with Gasteiger partial charge in [-0.2, -0.15) is 0 Å². The quantitative estimate of drug-likeness (QED) is 0.564. The number of aromatic nitrogens is 2. The van der Waals surface area contributed by atoms with E-state index in [1.807, 2.05) is 0 Å². The fraction of sp³-hybridized carbons (Fsp3) is 0.143. The summed E-state index contributed by atoms with van der Waals surface area (Å²) in [6, 6.07) is 3.72. The summed E-state index contributed by atoms with van der Waals surface area (Å²) >= 11 is 0. The first kappa shape index (κ1) is 15.2. The summed E-state index contributed by atoms with van der Waals surface area (Å²) in [7, 11) is 0. The Morgan fingerprint density at radius 2 is 2.14 bits per heavy atom. The predicted octanol–water partition coefficient (Wildman–Crippen LogP) is 1.80. The van der Waals surface area contributed by atoms with Gasteiger partial charge in [0, 0.05) is 6.20 Å². The predicted molar refractivity (Wildman–Crippen MR) is 76.3 cm³/mol. The molecular formula is C14H13N3O5. The zero-order chi connectivity index (χ0) is 16.1. The molecule has 0 unspecified atom stereocenters. The van der Waals surface area contributed by atoms with Crippen LogP contribution >= 0.6 is 0 Å². The molecule has 22 heavy (non-hydrogen) atoms. The van der Waals surface area contributed by atoms with Gasteiger partial charge in [0.15, 0.2) is 0 Å². The minimum Gasteiger partial charge on any atom is -0.506 e. The molecular weight excluding hydrogens is 290 g/mol. The number of nitrogens with one attached hydrogen (secondary N) is 1. The number of hydrogen-bond acceptors (Lipinski definition) is 7. The van der Waals surface area contributed by atoms with E-state index in [1.165, 1.54) is 30.7 Å². The van der Waals surface area contributed by atoms with Gasteiger partial charge >= 0.3 is 11.9 Å². The van der Waals surface area contributed by atoms with E-state index in [0.29, 0.717) is 0 Å². The minimum absolute atomic E-state index is 0.0213. The summed E-state index contributed by atoms with van der Waals surface area (Å²) in [6.45, 7) is 1.85. The van der Waals surface area contributed by atoms with Crippen LogP contribution in [-0.2, 0) is 4.74 Å². The zero-order valence-electron chi connectivity index (χ0n) is 11.6. The van der Waals surface area contributed by atoms with Crippen LogP contribution in [0.4, 0.5) is 11.5 Å². The number of anilines is 2. The highest BCUT2D eigenvalue weighted by Crippen LogP contribution is 2.28. The highest BCUT2D eigenvalue weighted by Gasteiger charge is 2.16. The van der Waals surface area contributed by atoms with Crippen molar-refractivity contribution in [2.24, 2.45) is 0 Å². The van der Waals surface area contributed by atoms with Crippen LogP contribution in [0.5, 0.6) is 5.75 Å². The highest BCUT2D eigenvalue weighted by molar-refractivity contribution is 5.95. The van der Waals surface area contributed by atoms with Gasteiger partial charge in [0.1, 0.15) is 23.5 Å². The number of rotatable bonds is 5. The molecule has 1 aromatic heterocycles. The van der Waals surface area contributed by atoms with E-state index < -0.39 is 11.9 Å². The largest absolute Gasteiger partial charge is 0.506 e. The summed E-state index contributed by atoms with van der Waals surface area (Å²) in [5.41, 5.74) is 0.153. The summed E-state index contributed by atoms with van der Waals surface area (Å²) in [5, 5.41) is 21.5. The summed E-state index contributed by atoms with van der Waals surface area (Å²) in [4.78, 5) is 30.4. The molecule has 0 amide bonds. The number of phenols is 1. The van der Waals surface area contributed by atoms with E-state index in [1.54, 1.807) is 6.92 Å². The van der Waals surface area contributed by atoms with Crippen molar-refractivity contribution in [2.75, 3.05) is 11.9 Å². The number of carboxylic acids is 1. The van der Waals surface area contributed by atoms with E-state index in [2.05, 4.69) is 15.3 Å². The van der Waals surface area contributed by atoms with Gasteiger partial charge in [-0.3, -0.25) is 0 Å². The standard InChI is InChI=1S/C14H13N3O5/c1-2-22-14(21)9-6-15-7-16-12(9)17-10-5-8(13(19)20)3-4-11(10)18/h3-7,18H,2H2,1H3,(H,19,20)(H,15,16,17). The second kappa shape index (κ2) is 6.53. The number of hydrogen-bond donors (Lipinski definition) is 3. The van der Waals surface area contributed by atoms with Crippen molar-refractivity contribution in [3.8, 4) is 5.75 Å². The molecule has 0 saturated carbocycles. The SMILES string of the molecule is CCOC(=O)c1cncnc1Nc1cc(C(=O)O)ccc1O. The molecule has 0 aliphatic rings. The van der Waals surface area contributed by atoms with Gasteiger partial charge in [-0.1, -0.05) is 0 Å². The molecule has 114 valence electrons. The molecule has 2 rings (SSSR count). The number of ether oxygens (including phenoxy) is 1. The van der Waals surface area contributed by atoms with Crippen molar-refractivity contribution < 1.29 is 24.5 Å². The fourth-order valence-electron chi connectivity index (χ4n) is 1.68. The van der Waals surface area contributed by atoms with Gasteiger partial charge in [-0.05, 0) is 25.1 Å². The smallest absolute Gasteiger partial charge is 0.343 e. The Balaban J connectivity index is 2.37. The third-order valence-corrected chi connectivity index (χ3v) is 2.70. The van der Waals surface area contributed by atoms with Gasteiger partial charge in [0.05, 0.1) is 17.9 Å². The third kappa shape index (κ3) is 3.29. The topological polar surface area (TPSA) is 122 Å². The maximum absolute atomic E-state index is 11.8. The zero-order valence-corrected chi connectivity index (χ0v) is 11.6. The summed E-state index contributed by atoms with van der Waals surface area (Å²) in [6.07, 6.45) is 2.48. The lowest BCUT2D eigenvalue weighted by molar-refractivity contribution is 0.0526. The Morgan fingerprint density at radius 3 is 2.82 bits per heavy atom. The Hall–Kier alpha value is -3.16. The second-order valence-corrected chi connectivity index (χ2v) is 4.17. The van der Waals surface area contributed by atoms with Gasteiger partial charge < -0.3 is 20.3 Å². The number of carbonyl (C=O) groups excluding carboxylic acids is 1. The molecule has 1 aromatic carbocycles. The van der Waals surface area contributed by atoms with Crippen molar-refractivity contribution in [1.82, 2.24) is 9.97 Å². The molecule has 0 fully saturated rings. The first-order chi connectivity index (χ1) is 10.5. The molecule has 0 atom stereocenters. The number of carbonyl (C=O) groups is 2. The second-order valence-electron chi connectivity index (χ2n) is 4.17. The Bertz CT molecular complexity index is 717. The monoisotopic (exact) mass is 303 g/mol. The van der Waals surface area contributed by atoms with Crippen molar-refractivity contribution >= 4 is 23.4 Å². The average Bonchev–Trinajstić information content (AvgIpc) is 2.50. The van der Waals surface area contributed by atoms with E-state index in [0.717, 1.165) is 0 Å². The number of carboxylic acid groups (broad SMARTS) is 1. The van der Waals surface area contributed by atoms with E-state index in [-0.39, 0.29) is 35.0 Å². The first-order valence-electron chi connectivity index (χ1n) is 6.33. The van der Waals surface area contributed by atoms with Crippen molar-refractivity contribution in [1.29, 1.82) is 0 Å². The number of nitrogens with zero attached hydrogens (tertiary/aromatic N) is 2. The summed E-state index contributed by atoms with van der Waals surface area (Å²) < 4.78 is 4.88. The molecule has 0 radical (unpaired) electrons. The number of phenolic OH excluding ortho intramolecular Hbond substituents is 1. The van der Waals surface area contributed by atoms with Crippen molar-refractivity contribution in [3.63, 3.8) is 0 Å². The summed E-state index contributed by atoms with van der Waals surface area (Å²) in [5.74, 6) is -1.85. The molecule has 2 aromatic rings. The normalized spacial score (nSPS) is 10.0. The lowest BCUT2D eigenvalue weighted by atomic mass is 10.2. The maximum Gasteiger partial charge on any atom is 0.343 e. The van der Waals surface area contributed by atoms with Crippen LogP contribution in [0.2, 0.25) is 0 Å². The van der Waals surface area contributed by atoms with Crippen molar-refractivity contribution in [2.45, 2.75) is 6.92 Å². The third-order valence-electron chi connectivity index (χ3n) is 2.70. The van der Waals surface area contributed by atoms with Crippen LogP contribution in [0.25, 0.3) is 0 Å². The Kier molecular flexibility index (Phi) is 4.52. The molecule has 0 bridgehead atoms. The van der Waals surface area contributed by atoms with E-state index in [4.69, 9.17) is 9.84 Å². The van der Waals surface area contributed by atoms with Gasteiger partial charge in [-0.25, -0.2) is 19.6 Å². The van der Waals surface area contributed by atoms with E-state index >= 15 is 0 Å². The number of aromatic hydroxyl groups is 1. The number of aromatic carboxylic acids is 1. The number of benzene rings is 1. The molecule has 8 heteroatoms. The molecule has 1 heterocycles. The van der Waals surface area contributed by atoms with Gasteiger partial charge in [0.2, 0.25) is 0 Å². The lowest BCUT2D eigenvalue weighted by Gasteiger charge is -2.11. The van der Waals surface area contributed by atoms with Crippen molar-refractivity contribution in [3.05, 3.63) is 41.9 Å². The Labute approximate surface area is 125 Å². The minimum atomic E-state index is -1.14. The van der Waals surface area contributed by atoms with Gasteiger partial charge in [0.25, 0.3) is 0 Å². The average molecular weight is 303 g/mol. The maximum atomic E-state index is 11.8. The van der Waals surface area contributed by atoms with Crippen LogP contribution in [0.15, 0.2) is 30.7 Å². The van der Waals surface area contributed by atoms with Crippen LogP contribution in [0.1, 0.15) is 27.6 Å². The van der Waals surface area contributed by atoms with Crippen LogP contribution in [0.3, 0.4) is 0 Å².